The van der Waals surface area contributed by atoms with E-state index in [1.807, 2.05) is 0 Å². The Morgan fingerprint density at radius 1 is 1.32 bits per heavy atom. The molecule has 3 rings (SSSR count). The van der Waals surface area contributed by atoms with Crippen LogP contribution in [0.4, 0.5) is 21.7 Å². The first kappa shape index (κ1) is 19.1. The van der Waals surface area contributed by atoms with Gasteiger partial charge in [-0.3, -0.25) is 14.8 Å². The molecule has 0 aliphatic heterocycles. The van der Waals surface area contributed by atoms with Crippen molar-refractivity contribution in [1.29, 1.82) is 0 Å². The maximum absolute atomic E-state index is 13.3. The second kappa shape index (κ2) is 7.92. The van der Waals surface area contributed by atoms with Crippen molar-refractivity contribution in [3.05, 3.63) is 48.2 Å². The third-order valence-corrected chi connectivity index (χ3v) is 4.08. The SMILES string of the molecule is C[C@H](CC=O)N(N)c1cnc(C(N)=O)c(Nc2cnc3cc(F)ccc3c2)n1. The van der Waals surface area contributed by atoms with Crippen LogP contribution in [0.3, 0.4) is 0 Å². The summed E-state index contributed by atoms with van der Waals surface area (Å²) in [7, 11) is 0. The van der Waals surface area contributed by atoms with Crippen LogP contribution in [-0.4, -0.2) is 33.2 Å². The Morgan fingerprint density at radius 3 is 2.82 bits per heavy atom. The molecule has 0 spiro atoms. The minimum Gasteiger partial charge on any atom is -0.364 e. The van der Waals surface area contributed by atoms with Crippen LogP contribution in [0.15, 0.2) is 36.7 Å². The zero-order valence-corrected chi connectivity index (χ0v) is 15.0. The fourth-order valence-corrected chi connectivity index (χ4v) is 2.55. The average molecular weight is 383 g/mol. The maximum Gasteiger partial charge on any atom is 0.271 e. The molecule has 0 bridgehead atoms. The van der Waals surface area contributed by atoms with Gasteiger partial charge in [0.15, 0.2) is 17.3 Å². The number of carbonyl (C=O) groups is 2. The number of rotatable bonds is 7. The quantitative estimate of drug-likeness (QED) is 0.318. The van der Waals surface area contributed by atoms with E-state index in [1.165, 1.54) is 29.5 Å². The average Bonchev–Trinajstić information content (AvgIpc) is 2.67. The lowest BCUT2D eigenvalue weighted by atomic mass is 10.2. The lowest BCUT2D eigenvalue weighted by Gasteiger charge is -2.24. The highest BCUT2D eigenvalue weighted by molar-refractivity contribution is 5.96. The van der Waals surface area contributed by atoms with Gasteiger partial charge < -0.3 is 15.8 Å². The van der Waals surface area contributed by atoms with Crippen LogP contribution in [0.25, 0.3) is 10.9 Å². The molecule has 0 saturated heterocycles. The number of fused-ring (bicyclic) bond motifs is 1. The molecular formula is C18H18FN7O2. The van der Waals surface area contributed by atoms with Crippen molar-refractivity contribution in [2.75, 3.05) is 10.3 Å². The highest BCUT2D eigenvalue weighted by atomic mass is 19.1. The molecule has 2 heterocycles. The summed E-state index contributed by atoms with van der Waals surface area (Å²) in [4.78, 5) is 34.9. The Morgan fingerprint density at radius 2 is 2.11 bits per heavy atom. The molecule has 1 atom stereocenters. The fourth-order valence-electron chi connectivity index (χ4n) is 2.55. The fraction of sp³-hybridized carbons (Fsp3) is 0.167. The van der Waals surface area contributed by atoms with Crippen LogP contribution in [0.1, 0.15) is 23.8 Å². The van der Waals surface area contributed by atoms with E-state index in [2.05, 4.69) is 20.3 Å². The third kappa shape index (κ3) is 4.01. The van der Waals surface area contributed by atoms with E-state index < -0.39 is 5.91 Å². The van der Waals surface area contributed by atoms with Crippen LogP contribution < -0.4 is 21.9 Å². The Hall–Kier alpha value is -3.66. The monoisotopic (exact) mass is 383 g/mol. The first-order chi connectivity index (χ1) is 13.4. The largest absolute Gasteiger partial charge is 0.364 e. The van der Waals surface area contributed by atoms with E-state index >= 15 is 0 Å². The molecule has 3 aromatic rings. The number of nitrogens with zero attached hydrogens (tertiary/aromatic N) is 4. The van der Waals surface area contributed by atoms with Crippen molar-refractivity contribution in [2.24, 2.45) is 11.6 Å². The molecule has 1 amide bonds. The van der Waals surface area contributed by atoms with Gasteiger partial charge >= 0.3 is 0 Å². The molecule has 28 heavy (non-hydrogen) atoms. The van der Waals surface area contributed by atoms with Gasteiger partial charge in [-0.05, 0) is 25.1 Å². The highest BCUT2D eigenvalue weighted by Gasteiger charge is 2.18. The van der Waals surface area contributed by atoms with Gasteiger partial charge in [0.25, 0.3) is 5.91 Å². The maximum atomic E-state index is 13.3. The first-order valence-electron chi connectivity index (χ1n) is 8.35. The van der Waals surface area contributed by atoms with Gasteiger partial charge in [0.05, 0.1) is 29.6 Å². The zero-order valence-electron chi connectivity index (χ0n) is 15.0. The number of hydrazine groups is 1. The summed E-state index contributed by atoms with van der Waals surface area (Å²) in [5.74, 6) is 5.15. The van der Waals surface area contributed by atoms with Gasteiger partial charge in [0, 0.05) is 17.9 Å². The minimum atomic E-state index is -0.776. The molecular weight excluding hydrogens is 365 g/mol. The van der Waals surface area contributed by atoms with E-state index in [0.717, 1.165) is 6.29 Å². The van der Waals surface area contributed by atoms with Crippen molar-refractivity contribution in [3.8, 4) is 0 Å². The number of hydrogen-bond donors (Lipinski definition) is 3. The van der Waals surface area contributed by atoms with Crippen molar-refractivity contribution in [1.82, 2.24) is 15.0 Å². The van der Waals surface area contributed by atoms with Crippen molar-refractivity contribution >= 4 is 40.4 Å². The molecule has 0 aliphatic rings. The molecule has 2 aromatic heterocycles. The number of primary amides is 1. The van der Waals surface area contributed by atoms with Crippen LogP contribution in [0, 0.1) is 5.82 Å². The van der Waals surface area contributed by atoms with Gasteiger partial charge in [0.1, 0.15) is 12.1 Å². The highest BCUT2D eigenvalue weighted by Crippen LogP contribution is 2.23. The molecule has 9 nitrogen and oxygen atoms in total. The van der Waals surface area contributed by atoms with Gasteiger partial charge in [-0.1, -0.05) is 0 Å². The van der Waals surface area contributed by atoms with Crippen LogP contribution in [0.5, 0.6) is 0 Å². The van der Waals surface area contributed by atoms with E-state index in [1.54, 1.807) is 19.1 Å². The van der Waals surface area contributed by atoms with Crippen LogP contribution in [0.2, 0.25) is 0 Å². The summed E-state index contributed by atoms with van der Waals surface area (Å²) in [5.41, 5.74) is 6.28. The molecule has 10 heteroatoms. The summed E-state index contributed by atoms with van der Waals surface area (Å²) in [6, 6.07) is 5.62. The Balaban J connectivity index is 1.97. The smallest absolute Gasteiger partial charge is 0.271 e. The number of aromatic nitrogens is 3. The normalized spacial score (nSPS) is 11.8. The first-order valence-corrected chi connectivity index (χ1v) is 8.35. The Labute approximate surface area is 159 Å². The molecule has 0 radical (unpaired) electrons. The van der Waals surface area contributed by atoms with E-state index in [-0.39, 0.29) is 35.6 Å². The number of hydrogen-bond acceptors (Lipinski definition) is 8. The van der Waals surface area contributed by atoms with Gasteiger partial charge in [0.2, 0.25) is 0 Å². The summed E-state index contributed by atoms with van der Waals surface area (Å²) in [6.07, 6.45) is 3.71. The second-order valence-corrected chi connectivity index (χ2v) is 6.13. The van der Waals surface area contributed by atoms with Crippen LogP contribution >= 0.6 is 0 Å². The Kier molecular flexibility index (Phi) is 5.41. The predicted octanol–water partition coefficient (Wildman–Crippen LogP) is 1.66. The second-order valence-electron chi connectivity index (χ2n) is 6.13. The molecule has 5 N–H and O–H groups in total. The minimum absolute atomic E-state index is 0.0839. The summed E-state index contributed by atoms with van der Waals surface area (Å²) < 4.78 is 13.3. The third-order valence-electron chi connectivity index (χ3n) is 4.08. The topological polar surface area (TPSA) is 140 Å². The van der Waals surface area contributed by atoms with Gasteiger partial charge in [-0.2, -0.15) is 0 Å². The number of halogens is 1. The number of pyridine rings is 1. The zero-order chi connectivity index (χ0) is 20.3. The van der Waals surface area contributed by atoms with Crippen molar-refractivity contribution in [3.63, 3.8) is 0 Å². The summed E-state index contributed by atoms with van der Waals surface area (Å²) >= 11 is 0. The number of benzene rings is 1. The number of anilines is 3. The molecule has 0 saturated carbocycles. The molecule has 0 aliphatic carbocycles. The van der Waals surface area contributed by atoms with E-state index in [4.69, 9.17) is 11.6 Å². The lowest BCUT2D eigenvalue weighted by Crippen LogP contribution is -2.40. The number of aldehydes is 1. The molecule has 0 unspecified atom stereocenters. The number of nitrogens with two attached hydrogens (primary N) is 2. The van der Waals surface area contributed by atoms with Crippen LogP contribution in [-0.2, 0) is 4.79 Å². The number of nitrogens with one attached hydrogen (secondary N) is 1. The summed E-state index contributed by atoms with van der Waals surface area (Å²) in [5, 5.41) is 4.91. The summed E-state index contributed by atoms with van der Waals surface area (Å²) in [6.45, 7) is 1.75. The van der Waals surface area contributed by atoms with Crippen molar-refractivity contribution in [2.45, 2.75) is 19.4 Å². The molecule has 144 valence electrons. The number of carbonyl (C=O) groups excluding carboxylic acids is 2. The Bertz CT molecular complexity index is 1040. The lowest BCUT2D eigenvalue weighted by molar-refractivity contribution is -0.108. The molecule has 1 aromatic carbocycles. The van der Waals surface area contributed by atoms with Gasteiger partial charge in [-0.15, -0.1) is 0 Å². The van der Waals surface area contributed by atoms with Gasteiger partial charge in [-0.25, -0.2) is 20.2 Å². The van der Waals surface area contributed by atoms with E-state index in [9.17, 15) is 14.0 Å². The molecule has 0 fully saturated rings. The standard InChI is InChI=1S/C18H18FN7O2/c1-10(4-5-27)26(21)15-9-23-16(17(20)28)18(25-15)24-13-6-11-2-3-12(19)7-14(11)22-8-13/h2-3,5-10H,4,21H2,1H3,(H2,20,28)(H,24,25)/t10-/m1/s1. The van der Waals surface area contributed by atoms with Crippen molar-refractivity contribution < 1.29 is 14.0 Å². The predicted molar refractivity (Wildman–Crippen MR) is 102 cm³/mol. The van der Waals surface area contributed by atoms with E-state index in [0.29, 0.717) is 16.6 Å². The number of amides is 1.